The van der Waals surface area contributed by atoms with E-state index in [2.05, 4.69) is 15.6 Å². The van der Waals surface area contributed by atoms with E-state index in [1.807, 2.05) is 6.92 Å². The topological polar surface area (TPSA) is 54.9 Å². The van der Waals surface area contributed by atoms with Gasteiger partial charge in [-0.2, -0.15) is 13.2 Å². The van der Waals surface area contributed by atoms with Gasteiger partial charge in [0.05, 0.1) is 6.61 Å². The summed E-state index contributed by atoms with van der Waals surface area (Å²) in [6.45, 7) is 1.58. The van der Waals surface area contributed by atoms with E-state index in [1.165, 1.54) is 6.07 Å². The van der Waals surface area contributed by atoms with Gasteiger partial charge in [-0.3, -0.25) is 4.99 Å². The number of guanidine groups is 1. The average molecular weight is 333 g/mol. The Balaban J connectivity index is 2.53. The van der Waals surface area contributed by atoms with Crippen LogP contribution >= 0.6 is 0 Å². The monoisotopic (exact) mass is 333 g/mol. The number of hydrogen-bond acceptors (Lipinski definition) is 3. The van der Waals surface area contributed by atoms with Crippen molar-refractivity contribution < 1.29 is 22.6 Å². The van der Waals surface area contributed by atoms with Crippen molar-refractivity contribution in [3.8, 4) is 5.75 Å². The van der Waals surface area contributed by atoms with E-state index >= 15 is 0 Å². The van der Waals surface area contributed by atoms with Gasteiger partial charge >= 0.3 is 6.18 Å². The van der Waals surface area contributed by atoms with Crippen LogP contribution in [0.15, 0.2) is 29.3 Å². The number of halogens is 3. The molecule has 130 valence electrons. The van der Waals surface area contributed by atoms with Crippen LogP contribution in [0.25, 0.3) is 0 Å². The molecule has 0 amide bonds. The van der Waals surface area contributed by atoms with E-state index in [1.54, 1.807) is 32.4 Å². The van der Waals surface area contributed by atoms with Crippen molar-refractivity contribution in [2.24, 2.45) is 4.99 Å². The van der Waals surface area contributed by atoms with Crippen molar-refractivity contribution in [1.29, 1.82) is 0 Å². The van der Waals surface area contributed by atoms with Crippen molar-refractivity contribution in [2.45, 2.75) is 25.7 Å². The number of methoxy groups -OCH3 is 1. The molecule has 0 aliphatic carbocycles. The smallest absolute Gasteiger partial charge is 0.422 e. The number of alkyl halides is 3. The molecule has 0 aliphatic heterocycles. The van der Waals surface area contributed by atoms with Gasteiger partial charge in [0.2, 0.25) is 0 Å². The molecule has 23 heavy (non-hydrogen) atoms. The molecule has 1 rings (SSSR count). The molecule has 5 nitrogen and oxygen atoms in total. The first-order valence-electron chi connectivity index (χ1n) is 7.08. The van der Waals surface area contributed by atoms with Crippen LogP contribution in [0.4, 0.5) is 13.2 Å². The summed E-state index contributed by atoms with van der Waals surface area (Å²) < 4.78 is 46.2. The Morgan fingerprint density at radius 3 is 2.70 bits per heavy atom. The SMILES string of the molecule is CN=C(NCc1cccc(OCC(F)(F)F)c1)NC(C)COC. The van der Waals surface area contributed by atoms with Crippen LogP contribution in [-0.2, 0) is 11.3 Å². The lowest BCUT2D eigenvalue weighted by atomic mass is 10.2. The van der Waals surface area contributed by atoms with Gasteiger partial charge in [-0.05, 0) is 24.6 Å². The molecule has 0 saturated carbocycles. The fraction of sp³-hybridized carbons (Fsp3) is 0.533. The molecule has 1 aromatic carbocycles. The summed E-state index contributed by atoms with van der Waals surface area (Å²) in [4.78, 5) is 4.08. The third-order valence-corrected chi connectivity index (χ3v) is 2.78. The number of nitrogens with zero attached hydrogens (tertiary/aromatic N) is 1. The minimum atomic E-state index is -4.35. The van der Waals surface area contributed by atoms with Gasteiger partial charge in [-0.25, -0.2) is 0 Å². The van der Waals surface area contributed by atoms with Gasteiger partial charge in [0, 0.05) is 26.7 Å². The second-order valence-electron chi connectivity index (χ2n) is 4.98. The Hall–Kier alpha value is -1.96. The van der Waals surface area contributed by atoms with Crippen molar-refractivity contribution in [3.05, 3.63) is 29.8 Å². The Morgan fingerprint density at radius 2 is 2.09 bits per heavy atom. The van der Waals surface area contributed by atoms with Crippen LogP contribution in [0, 0.1) is 0 Å². The maximum absolute atomic E-state index is 12.2. The molecular weight excluding hydrogens is 311 g/mol. The van der Waals surface area contributed by atoms with Crippen LogP contribution in [-0.4, -0.2) is 45.5 Å². The number of hydrogen-bond donors (Lipinski definition) is 2. The van der Waals surface area contributed by atoms with Gasteiger partial charge in [0.1, 0.15) is 5.75 Å². The third-order valence-electron chi connectivity index (χ3n) is 2.78. The van der Waals surface area contributed by atoms with Gasteiger partial charge in [-0.1, -0.05) is 12.1 Å². The quantitative estimate of drug-likeness (QED) is 0.594. The van der Waals surface area contributed by atoms with Crippen molar-refractivity contribution in [1.82, 2.24) is 10.6 Å². The van der Waals surface area contributed by atoms with E-state index in [-0.39, 0.29) is 11.8 Å². The zero-order valence-corrected chi connectivity index (χ0v) is 13.4. The number of benzene rings is 1. The van der Waals surface area contributed by atoms with Crippen LogP contribution in [0.3, 0.4) is 0 Å². The molecule has 0 saturated heterocycles. The molecule has 0 aromatic heterocycles. The van der Waals surface area contributed by atoms with Gasteiger partial charge in [0.25, 0.3) is 0 Å². The summed E-state index contributed by atoms with van der Waals surface area (Å²) in [5.74, 6) is 0.758. The molecule has 1 unspecified atom stereocenters. The Bertz CT molecular complexity index is 507. The predicted octanol–water partition coefficient (Wildman–Crippen LogP) is 2.33. The molecule has 0 fully saturated rings. The highest BCUT2D eigenvalue weighted by molar-refractivity contribution is 5.79. The summed E-state index contributed by atoms with van der Waals surface area (Å²) in [6, 6.07) is 6.56. The molecule has 0 bridgehead atoms. The summed E-state index contributed by atoms with van der Waals surface area (Å²) in [7, 11) is 3.25. The van der Waals surface area contributed by atoms with E-state index in [9.17, 15) is 13.2 Å². The highest BCUT2D eigenvalue weighted by Gasteiger charge is 2.28. The number of ether oxygens (including phenoxy) is 2. The standard InChI is InChI=1S/C15H22F3N3O2/c1-11(9-22-3)21-14(19-2)20-8-12-5-4-6-13(7-12)23-10-15(16,17)18/h4-7,11H,8-10H2,1-3H3,(H2,19,20,21). The average Bonchev–Trinajstić information content (AvgIpc) is 2.49. The Morgan fingerprint density at radius 1 is 1.35 bits per heavy atom. The lowest BCUT2D eigenvalue weighted by Crippen LogP contribution is -2.43. The van der Waals surface area contributed by atoms with Gasteiger partial charge < -0.3 is 20.1 Å². The normalized spacial score (nSPS) is 13.6. The Labute approximate surface area is 133 Å². The van der Waals surface area contributed by atoms with E-state index in [4.69, 9.17) is 9.47 Å². The first kappa shape index (κ1) is 19.1. The second-order valence-corrected chi connectivity index (χ2v) is 4.98. The van der Waals surface area contributed by atoms with Gasteiger partial charge in [0.15, 0.2) is 12.6 Å². The van der Waals surface area contributed by atoms with E-state index in [0.29, 0.717) is 19.1 Å². The lowest BCUT2D eigenvalue weighted by Gasteiger charge is -2.17. The fourth-order valence-electron chi connectivity index (χ4n) is 1.82. The first-order chi connectivity index (χ1) is 10.8. The molecule has 1 aromatic rings. The molecule has 8 heteroatoms. The summed E-state index contributed by atoms with van der Waals surface area (Å²) in [6.07, 6.45) is -4.35. The summed E-state index contributed by atoms with van der Waals surface area (Å²) in [5.41, 5.74) is 0.784. The third kappa shape index (κ3) is 8.29. The Kier molecular flexibility index (Phi) is 7.67. The molecule has 0 aliphatic rings. The molecule has 0 heterocycles. The number of rotatable bonds is 7. The molecule has 0 spiro atoms. The zero-order valence-electron chi connectivity index (χ0n) is 13.4. The highest BCUT2D eigenvalue weighted by atomic mass is 19.4. The molecular formula is C15H22F3N3O2. The molecule has 2 N–H and O–H groups in total. The zero-order chi connectivity index (χ0) is 17.3. The second kappa shape index (κ2) is 9.24. The van der Waals surface area contributed by atoms with Crippen LogP contribution < -0.4 is 15.4 Å². The van der Waals surface area contributed by atoms with Crippen LogP contribution in [0.1, 0.15) is 12.5 Å². The minimum Gasteiger partial charge on any atom is -0.484 e. The van der Waals surface area contributed by atoms with Crippen LogP contribution in [0.2, 0.25) is 0 Å². The van der Waals surface area contributed by atoms with Crippen LogP contribution in [0.5, 0.6) is 5.75 Å². The fourth-order valence-corrected chi connectivity index (χ4v) is 1.82. The van der Waals surface area contributed by atoms with E-state index in [0.717, 1.165) is 5.56 Å². The predicted molar refractivity (Wildman–Crippen MR) is 82.7 cm³/mol. The maximum Gasteiger partial charge on any atom is 0.422 e. The largest absolute Gasteiger partial charge is 0.484 e. The van der Waals surface area contributed by atoms with Crippen molar-refractivity contribution in [2.75, 3.05) is 27.4 Å². The van der Waals surface area contributed by atoms with Crippen molar-refractivity contribution in [3.63, 3.8) is 0 Å². The number of aliphatic imine (C=N–C) groups is 1. The first-order valence-corrected chi connectivity index (χ1v) is 7.08. The number of nitrogens with one attached hydrogen (secondary N) is 2. The lowest BCUT2D eigenvalue weighted by molar-refractivity contribution is -0.153. The van der Waals surface area contributed by atoms with Gasteiger partial charge in [-0.15, -0.1) is 0 Å². The summed E-state index contributed by atoms with van der Waals surface area (Å²) in [5, 5.41) is 6.21. The minimum absolute atomic E-state index is 0.0765. The molecule has 1 atom stereocenters. The van der Waals surface area contributed by atoms with E-state index < -0.39 is 12.8 Å². The molecule has 0 radical (unpaired) electrons. The van der Waals surface area contributed by atoms with Crippen molar-refractivity contribution >= 4 is 5.96 Å². The maximum atomic E-state index is 12.2. The summed E-state index contributed by atoms with van der Waals surface area (Å²) >= 11 is 0. The highest BCUT2D eigenvalue weighted by Crippen LogP contribution is 2.19.